The van der Waals surface area contributed by atoms with E-state index in [1.165, 1.54) is 7.05 Å². The molecule has 4 N–H and O–H groups in total. The van der Waals surface area contributed by atoms with Crippen molar-refractivity contribution in [1.29, 1.82) is 0 Å². The lowest BCUT2D eigenvalue weighted by Crippen LogP contribution is -2.31. The van der Waals surface area contributed by atoms with E-state index in [2.05, 4.69) is 5.32 Å². The number of nitrogens with zero attached hydrogens (tertiary/aromatic N) is 1. The van der Waals surface area contributed by atoms with E-state index in [0.29, 0.717) is 11.3 Å². The van der Waals surface area contributed by atoms with Gasteiger partial charge in [-0.05, 0) is 0 Å². The molecule has 0 aliphatic heterocycles. The third-order valence-electron chi connectivity index (χ3n) is 2.06. The molecule has 0 radical (unpaired) electrons. The standard InChI is InChI=1S/C7H12N4O6S3/c1-9-7-5(11(12)13)4-6(18-7)20(16,17)10-2-3-19(8,14)15/h4,9-10H,2-3H2,1H3,(H2,8,14,15). The van der Waals surface area contributed by atoms with Gasteiger partial charge in [0, 0.05) is 19.7 Å². The average molecular weight is 344 g/mol. The van der Waals surface area contributed by atoms with Gasteiger partial charge >= 0.3 is 5.69 Å². The molecule has 0 saturated carbocycles. The molecule has 0 bridgehead atoms. The summed E-state index contributed by atoms with van der Waals surface area (Å²) in [6.45, 7) is -0.415. The van der Waals surface area contributed by atoms with Crippen molar-refractivity contribution in [1.82, 2.24) is 4.72 Å². The second kappa shape index (κ2) is 6.01. The number of nitro groups is 1. The summed E-state index contributed by atoms with van der Waals surface area (Å²) in [6.07, 6.45) is 0. The van der Waals surface area contributed by atoms with E-state index in [1.54, 1.807) is 0 Å². The zero-order valence-electron chi connectivity index (χ0n) is 10.2. The van der Waals surface area contributed by atoms with Crippen LogP contribution < -0.4 is 15.2 Å². The Hall–Kier alpha value is -1.28. The first-order valence-corrected chi connectivity index (χ1v) is 9.04. The number of anilines is 1. The molecule has 0 unspecified atom stereocenters. The molecule has 0 spiro atoms. The lowest BCUT2D eigenvalue weighted by atomic mass is 10.5. The van der Waals surface area contributed by atoms with Crippen LogP contribution >= 0.6 is 11.3 Å². The summed E-state index contributed by atoms with van der Waals surface area (Å²) in [5.41, 5.74) is -0.371. The van der Waals surface area contributed by atoms with Crippen LogP contribution in [0.25, 0.3) is 0 Å². The van der Waals surface area contributed by atoms with Crippen LogP contribution in [0.15, 0.2) is 10.3 Å². The molecule has 114 valence electrons. The fourth-order valence-electron chi connectivity index (χ4n) is 1.20. The van der Waals surface area contributed by atoms with Crippen LogP contribution in [0, 0.1) is 10.1 Å². The van der Waals surface area contributed by atoms with E-state index >= 15 is 0 Å². The molecule has 0 aliphatic rings. The van der Waals surface area contributed by atoms with Crippen molar-refractivity contribution < 1.29 is 21.8 Å². The van der Waals surface area contributed by atoms with E-state index in [1.807, 2.05) is 4.72 Å². The highest BCUT2D eigenvalue weighted by Crippen LogP contribution is 2.36. The van der Waals surface area contributed by atoms with Crippen molar-refractivity contribution in [2.24, 2.45) is 5.14 Å². The zero-order valence-corrected chi connectivity index (χ0v) is 12.6. The number of hydrogen-bond acceptors (Lipinski definition) is 8. The fourth-order valence-corrected chi connectivity index (χ4v) is 4.07. The Balaban J connectivity index is 2.96. The third kappa shape index (κ3) is 4.38. The third-order valence-corrected chi connectivity index (χ3v) is 5.91. The van der Waals surface area contributed by atoms with Gasteiger partial charge in [0.15, 0.2) is 5.00 Å². The maximum Gasteiger partial charge on any atom is 0.304 e. The van der Waals surface area contributed by atoms with Crippen molar-refractivity contribution in [2.75, 3.05) is 24.7 Å². The van der Waals surface area contributed by atoms with Crippen LogP contribution in [-0.4, -0.2) is 41.1 Å². The minimum absolute atomic E-state index is 0.0850. The van der Waals surface area contributed by atoms with Crippen molar-refractivity contribution in [3.8, 4) is 0 Å². The largest absolute Gasteiger partial charge is 0.374 e. The molecule has 1 aromatic rings. The molecule has 0 aromatic carbocycles. The van der Waals surface area contributed by atoms with Crippen molar-refractivity contribution in [3.63, 3.8) is 0 Å². The van der Waals surface area contributed by atoms with Gasteiger partial charge in [-0.1, -0.05) is 11.3 Å². The Morgan fingerprint density at radius 3 is 2.40 bits per heavy atom. The van der Waals surface area contributed by atoms with Gasteiger partial charge in [0.1, 0.15) is 4.21 Å². The first-order valence-electron chi connectivity index (χ1n) is 5.03. The predicted octanol–water partition coefficient (Wildman–Crippen LogP) is -0.735. The van der Waals surface area contributed by atoms with Crippen molar-refractivity contribution in [3.05, 3.63) is 16.2 Å². The van der Waals surface area contributed by atoms with Gasteiger partial charge in [-0.2, -0.15) is 0 Å². The molecule has 20 heavy (non-hydrogen) atoms. The van der Waals surface area contributed by atoms with E-state index in [0.717, 1.165) is 6.07 Å². The smallest absolute Gasteiger partial charge is 0.304 e. The first-order chi connectivity index (χ1) is 9.07. The molecular weight excluding hydrogens is 332 g/mol. The number of hydrogen-bond donors (Lipinski definition) is 3. The molecule has 0 saturated heterocycles. The minimum Gasteiger partial charge on any atom is -0.374 e. The highest BCUT2D eigenvalue weighted by molar-refractivity contribution is 7.92. The molecule has 0 aliphatic carbocycles. The molecule has 1 heterocycles. The summed E-state index contributed by atoms with van der Waals surface area (Å²) in [4.78, 5) is 10.0. The van der Waals surface area contributed by atoms with Gasteiger partial charge in [0.25, 0.3) is 0 Å². The Morgan fingerprint density at radius 2 is 2.00 bits per heavy atom. The van der Waals surface area contributed by atoms with Crippen LogP contribution in [0.2, 0.25) is 0 Å². The van der Waals surface area contributed by atoms with Gasteiger partial charge in [0.2, 0.25) is 20.0 Å². The number of sulfonamides is 2. The van der Waals surface area contributed by atoms with E-state index in [4.69, 9.17) is 5.14 Å². The quantitative estimate of drug-likeness (QED) is 0.433. The summed E-state index contributed by atoms with van der Waals surface area (Å²) >= 11 is 0.669. The molecular formula is C7H12N4O6S3. The predicted molar refractivity (Wildman–Crippen MR) is 73.7 cm³/mol. The molecule has 1 rings (SSSR count). The number of primary sulfonamides is 1. The molecule has 0 fully saturated rings. The lowest BCUT2D eigenvalue weighted by molar-refractivity contribution is -0.383. The second-order valence-electron chi connectivity index (χ2n) is 3.55. The summed E-state index contributed by atoms with van der Waals surface area (Å²) in [5.74, 6) is -0.571. The van der Waals surface area contributed by atoms with Crippen LogP contribution in [-0.2, 0) is 20.0 Å². The van der Waals surface area contributed by atoms with Gasteiger partial charge in [0.05, 0.1) is 10.7 Å². The van der Waals surface area contributed by atoms with Crippen molar-refractivity contribution >= 4 is 42.1 Å². The summed E-state index contributed by atoms with van der Waals surface area (Å²) < 4.78 is 46.8. The van der Waals surface area contributed by atoms with Crippen LogP contribution in [0.5, 0.6) is 0 Å². The fraction of sp³-hybridized carbons (Fsp3) is 0.429. The normalized spacial score (nSPS) is 12.3. The van der Waals surface area contributed by atoms with Crippen molar-refractivity contribution in [2.45, 2.75) is 4.21 Å². The van der Waals surface area contributed by atoms with Gasteiger partial charge in [-0.15, -0.1) is 0 Å². The number of thiophene rings is 1. The second-order valence-corrected chi connectivity index (χ2v) is 8.33. The Kier molecular flexibility index (Phi) is 5.04. The van der Waals surface area contributed by atoms with Gasteiger partial charge in [-0.25, -0.2) is 26.7 Å². The molecule has 13 heteroatoms. The Labute approximate surface area is 119 Å². The van der Waals surface area contributed by atoms with Gasteiger partial charge in [-0.3, -0.25) is 10.1 Å². The Morgan fingerprint density at radius 1 is 1.40 bits per heavy atom. The summed E-state index contributed by atoms with van der Waals surface area (Å²) in [7, 11) is -6.40. The monoisotopic (exact) mass is 344 g/mol. The topological polar surface area (TPSA) is 162 Å². The maximum absolute atomic E-state index is 11.8. The Bertz CT molecular complexity index is 707. The number of nitrogens with two attached hydrogens (primary N) is 1. The highest BCUT2D eigenvalue weighted by atomic mass is 32.2. The molecule has 0 atom stereocenters. The van der Waals surface area contributed by atoms with Gasteiger partial charge < -0.3 is 5.32 Å². The van der Waals surface area contributed by atoms with E-state index in [-0.39, 0.29) is 14.9 Å². The molecule has 10 nitrogen and oxygen atoms in total. The number of nitrogens with one attached hydrogen (secondary N) is 2. The average Bonchev–Trinajstić information content (AvgIpc) is 2.71. The van der Waals surface area contributed by atoms with E-state index < -0.39 is 37.3 Å². The van der Waals surface area contributed by atoms with E-state index in [9.17, 15) is 26.9 Å². The minimum atomic E-state index is -4.02. The van der Waals surface area contributed by atoms with Crippen LogP contribution in [0.1, 0.15) is 0 Å². The first kappa shape index (κ1) is 16.8. The zero-order chi connectivity index (χ0) is 15.6. The summed E-state index contributed by atoms with van der Waals surface area (Å²) in [5, 5.41) is 18.1. The number of rotatable bonds is 7. The lowest BCUT2D eigenvalue weighted by Gasteiger charge is -2.02. The van der Waals surface area contributed by atoms with Crippen LogP contribution in [0.3, 0.4) is 0 Å². The summed E-state index contributed by atoms with van der Waals surface area (Å²) in [6, 6.07) is 0.899. The molecule has 0 amide bonds. The SMILES string of the molecule is CNc1sc(S(=O)(=O)NCCS(N)(=O)=O)cc1[N+](=O)[O-]. The molecule has 1 aromatic heterocycles. The van der Waals surface area contributed by atoms with Crippen LogP contribution in [0.4, 0.5) is 10.7 Å². The maximum atomic E-state index is 11.8. The highest BCUT2D eigenvalue weighted by Gasteiger charge is 2.25.